The zero-order chi connectivity index (χ0) is 20.3. The van der Waals surface area contributed by atoms with Gasteiger partial charge in [0.25, 0.3) is 0 Å². The third-order valence-corrected chi connectivity index (χ3v) is 5.14. The van der Waals surface area contributed by atoms with E-state index in [9.17, 15) is 14.0 Å². The van der Waals surface area contributed by atoms with E-state index in [1.54, 1.807) is 13.0 Å². The lowest BCUT2D eigenvalue weighted by molar-refractivity contribution is -0.112. The number of ketones is 1. The van der Waals surface area contributed by atoms with Gasteiger partial charge in [-0.25, -0.2) is 9.37 Å². The highest BCUT2D eigenvalue weighted by atomic mass is 19.1. The van der Waals surface area contributed by atoms with Crippen molar-refractivity contribution in [3.05, 3.63) is 46.9 Å². The molecule has 0 spiro atoms. The quantitative estimate of drug-likeness (QED) is 0.581. The second-order valence-corrected chi connectivity index (χ2v) is 7.11. The van der Waals surface area contributed by atoms with Crippen LogP contribution in [0.5, 0.6) is 0 Å². The molecule has 2 heterocycles. The molecule has 3 rings (SSSR count). The molecule has 3 N–H and O–H groups in total. The summed E-state index contributed by atoms with van der Waals surface area (Å²) in [6.07, 6.45) is 4.03. The summed E-state index contributed by atoms with van der Waals surface area (Å²) in [6.45, 7) is 5.24. The minimum Gasteiger partial charge on any atom is -0.383 e. The lowest BCUT2D eigenvalue weighted by atomic mass is 10.0. The van der Waals surface area contributed by atoms with Crippen LogP contribution in [0.15, 0.2) is 24.4 Å². The van der Waals surface area contributed by atoms with Crippen molar-refractivity contribution in [2.24, 2.45) is 0 Å². The van der Waals surface area contributed by atoms with Crippen molar-refractivity contribution in [1.29, 1.82) is 0 Å². The van der Waals surface area contributed by atoms with E-state index in [2.05, 4.69) is 20.2 Å². The maximum atomic E-state index is 13.5. The van der Waals surface area contributed by atoms with Crippen molar-refractivity contribution in [2.45, 2.75) is 38.8 Å². The van der Waals surface area contributed by atoms with Crippen molar-refractivity contribution in [3.63, 3.8) is 0 Å². The van der Waals surface area contributed by atoms with Crippen molar-refractivity contribution >= 4 is 23.8 Å². The van der Waals surface area contributed by atoms with Gasteiger partial charge < -0.3 is 15.8 Å². The third-order valence-electron chi connectivity index (χ3n) is 5.14. The second kappa shape index (κ2) is 8.43. The first-order valence-electron chi connectivity index (χ1n) is 9.28. The number of anilines is 2. The number of aromatic nitrogens is 2. The van der Waals surface area contributed by atoms with Crippen LogP contribution in [0.1, 0.15) is 41.3 Å². The second-order valence-electron chi connectivity index (χ2n) is 7.11. The Labute approximate surface area is 163 Å². The Morgan fingerprint density at radius 3 is 2.71 bits per heavy atom. The smallest absolute Gasteiger partial charge is 0.224 e. The molecule has 0 saturated carbocycles. The Bertz CT molecular complexity index is 881. The van der Waals surface area contributed by atoms with Gasteiger partial charge in [0.1, 0.15) is 17.9 Å². The highest BCUT2D eigenvalue weighted by molar-refractivity contribution is 6.12. The van der Waals surface area contributed by atoms with Crippen molar-refractivity contribution in [1.82, 2.24) is 14.9 Å². The van der Waals surface area contributed by atoms with Crippen LogP contribution in [0, 0.1) is 12.7 Å². The van der Waals surface area contributed by atoms with E-state index < -0.39 is 11.6 Å². The molecule has 1 fully saturated rings. The number of nitrogens with zero attached hydrogens (tertiary/aromatic N) is 3. The Balaban J connectivity index is 1.68. The van der Waals surface area contributed by atoms with Gasteiger partial charge in [0.2, 0.25) is 5.95 Å². The number of carbonyl (C=O) groups is 2. The molecule has 148 valence electrons. The predicted molar refractivity (Wildman–Crippen MR) is 105 cm³/mol. The number of aldehydes is 1. The monoisotopic (exact) mass is 385 g/mol. The summed E-state index contributed by atoms with van der Waals surface area (Å²) in [5.74, 6) is -0.482. The number of carbonyl (C=O) groups excluding carboxylic acids is 2. The summed E-state index contributed by atoms with van der Waals surface area (Å²) < 4.78 is 13.5. The number of benzene rings is 1. The minimum absolute atomic E-state index is 0.0539. The Hall–Kier alpha value is -2.87. The molecule has 1 aromatic carbocycles. The number of rotatable bonds is 6. The van der Waals surface area contributed by atoms with Crippen LogP contribution < -0.4 is 11.1 Å². The SMILES string of the molecule is Cc1ccc(F)cc1C(=O)c1cnc(NC2CCN(C(C)C=O)CC2)nc1N. The molecular weight excluding hydrogens is 361 g/mol. The predicted octanol–water partition coefficient (Wildman–Crippen LogP) is 2.20. The molecule has 1 aliphatic heterocycles. The maximum absolute atomic E-state index is 13.5. The zero-order valence-electron chi connectivity index (χ0n) is 16.0. The molecule has 2 aromatic rings. The van der Waals surface area contributed by atoms with E-state index in [1.165, 1.54) is 18.3 Å². The van der Waals surface area contributed by atoms with Crippen LogP contribution in [0.3, 0.4) is 0 Å². The Morgan fingerprint density at radius 2 is 2.07 bits per heavy atom. The van der Waals surface area contributed by atoms with Crippen LogP contribution in [0.4, 0.5) is 16.2 Å². The number of hydrogen-bond donors (Lipinski definition) is 2. The number of likely N-dealkylation sites (tertiary alicyclic amines) is 1. The number of nitrogens with one attached hydrogen (secondary N) is 1. The molecule has 0 bridgehead atoms. The van der Waals surface area contributed by atoms with Gasteiger partial charge in [-0.1, -0.05) is 6.07 Å². The number of hydrogen-bond acceptors (Lipinski definition) is 7. The third kappa shape index (κ3) is 4.33. The highest BCUT2D eigenvalue weighted by Crippen LogP contribution is 2.21. The van der Waals surface area contributed by atoms with Crippen molar-refractivity contribution < 1.29 is 14.0 Å². The molecule has 1 unspecified atom stereocenters. The van der Waals surface area contributed by atoms with Gasteiger partial charge in [0, 0.05) is 30.9 Å². The summed E-state index contributed by atoms with van der Waals surface area (Å²) in [5, 5.41) is 3.24. The summed E-state index contributed by atoms with van der Waals surface area (Å²) in [4.78, 5) is 34.1. The van der Waals surface area contributed by atoms with E-state index >= 15 is 0 Å². The normalized spacial score (nSPS) is 16.5. The first kappa shape index (κ1) is 19.9. The first-order chi connectivity index (χ1) is 13.4. The van der Waals surface area contributed by atoms with Crippen LogP contribution >= 0.6 is 0 Å². The highest BCUT2D eigenvalue weighted by Gasteiger charge is 2.23. The summed E-state index contributed by atoms with van der Waals surface area (Å²) in [6, 6.07) is 4.14. The van der Waals surface area contributed by atoms with Gasteiger partial charge in [0.05, 0.1) is 11.6 Å². The summed E-state index contributed by atoms with van der Waals surface area (Å²) in [7, 11) is 0. The lowest BCUT2D eigenvalue weighted by Gasteiger charge is -2.34. The van der Waals surface area contributed by atoms with Crippen molar-refractivity contribution in [3.8, 4) is 0 Å². The number of aryl methyl sites for hydroxylation is 1. The number of piperidine rings is 1. The van der Waals surface area contributed by atoms with Gasteiger partial charge in [0.15, 0.2) is 5.78 Å². The average molecular weight is 385 g/mol. The molecule has 1 aliphatic rings. The summed E-state index contributed by atoms with van der Waals surface area (Å²) in [5.41, 5.74) is 7.03. The number of nitrogen functional groups attached to an aromatic ring is 1. The van der Waals surface area contributed by atoms with Crippen LogP contribution in [-0.4, -0.2) is 52.1 Å². The lowest BCUT2D eigenvalue weighted by Crippen LogP contribution is -2.44. The Kier molecular flexibility index (Phi) is 5.99. The van der Waals surface area contributed by atoms with E-state index in [0.29, 0.717) is 11.5 Å². The van der Waals surface area contributed by atoms with E-state index in [4.69, 9.17) is 5.73 Å². The molecule has 1 saturated heterocycles. The molecule has 8 heteroatoms. The summed E-state index contributed by atoms with van der Waals surface area (Å²) >= 11 is 0. The topological polar surface area (TPSA) is 101 Å². The molecule has 1 atom stereocenters. The molecular formula is C20H24FN5O2. The van der Waals surface area contributed by atoms with Crippen molar-refractivity contribution in [2.75, 3.05) is 24.1 Å². The fourth-order valence-corrected chi connectivity index (χ4v) is 3.34. The first-order valence-corrected chi connectivity index (χ1v) is 9.28. The fraction of sp³-hybridized carbons (Fsp3) is 0.400. The molecule has 1 aromatic heterocycles. The van der Waals surface area contributed by atoms with E-state index in [-0.39, 0.29) is 29.0 Å². The molecule has 0 aliphatic carbocycles. The zero-order valence-corrected chi connectivity index (χ0v) is 16.0. The van der Waals surface area contributed by atoms with Crippen LogP contribution in [-0.2, 0) is 4.79 Å². The van der Waals surface area contributed by atoms with E-state index in [0.717, 1.165) is 32.2 Å². The van der Waals surface area contributed by atoms with Gasteiger partial charge >= 0.3 is 0 Å². The standard InChI is InChI=1S/C20H24FN5O2/c1-12-3-4-14(21)9-16(12)18(28)17-10-23-20(25-19(17)22)24-15-5-7-26(8-6-15)13(2)11-27/h3-4,9-11,13,15H,5-8H2,1-2H3,(H3,22,23,24,25). The molecule has 0 radical (unpaired) electrons. The Morgan fingerprint density at radius 1 is 1.36 bits per heavy atom. The van der Waals surface area contributed by atoms with Gasteiger partial charge in [-0.05, 0) is 44.4 Å². The van der Waals surface area contributed by atoms with Gasteiger partial charge in [-0.3, -0.25) is 9.69 Å². The van der Waals surface area contributed by atoms with Crippen LogP contribution in [0.25, 0.3) is 0 Å². The number of halogens is 1. The maximum Gasteiger partial charge on any atom is 0.224 e. The van der Waals surface area contributed by atoms with E-state index in [1.807, 2.05) is 6.92 Å². The largest absolute Gasteiger partial charge is 0.383 e. The fourth-order valence-electron chi connectivity index (χ4n) is 3.34. The number of nitrogens with two attached hydrogens (primary N) is 1. The molecule has 28 heavy (non-hydrogen) atoms. The van der Waals surface area contributed by atoms with Crippen LogP contribution in [0.2, 0.25) is 0 Å². The minimum atomic E-state index is -0.484. The molecule has 7 nitrogen and oxygen atoms in total. The average Bonchev–Trinajstić information content (AvgIpc) is 2.69. The molecule has 0 amide bonds. The van der Waals surface area contributed by atoms with Gasteiger partial charge in [-0.2, -0.15) is 4.98 Å². The van der Waals surface area contributed by atoms with Gasteiger partial charge in [-0.15, -0.1) is 0 Å².